The summed E-state index contributed by atoms with van der Waals surface area (Å²) >= 11 is 6.35. The van der Waals surface area contributed by atoms with Crippen LogP contribution < -0.4 is 14.5 Å². The predicted molar refractivity (Wildman–Crippen MR) is 128 cm³/mol. The average molecular weight is 447 g/mol. The number of imide groups is 1. The van der Waals surface area contributed by atoms with E-state index in [2.05, 4.69) is 0 Å². The van der Waals surface area contributed by atoms with Crippen LogP contribution in [0.1, 0.15) is 19.4 Å². The molecule has 0 saturated heterocycles. The first-order chi connectivity index (χ1) is 15.4. The van der Waals surface area contributed by atoms with Crippen LogP contribution >= 0.6 is 11.6 Å². The smallest absolute Gasteiger partial charge is 0.282 e. The van der Waals surface area contributed by atoms with Gasteiger partial charge in [-0.1, -0.05) is 54.1 Å². The third-order valence-electron chi connectivity index (χ3n) is 5.15. The number of amides is 2. The first-order valence-electron chi connectivity index (χ1n) is 10.3. The highest BCUT2D eigenvalue weighted by Crippen LogP contribution is 2.38. The van der Waals surface area contributed by atoms with Crippen molar-refractivity contribution in [2.75, 3.05) is 16.8 Å². The maximum Gasteiger partial charge on any atom is 0.282 e. The molecule has 0 fully saturated rings. The summed E-state index contributed by atoms with van der Waals surface area (Å²) < 4.78 is 5.72. The third kappa shape index (κ3) is 3.99. The Kier molecular flexibility index (Phi) is 6.01. The number of benzene rings is 3. The lowest BCUT2D eigenvalue weighted by Gasteiger charge is -2.22. The Labute approximate surface area is 192 Å². The molecular formula is C26H23ClN2O3. The van der Waals surface area contributed by atoms with E-state index in [0.717, 1.165) is 10.6 Å². The Balaban J connectivity index is 1.84. The van der Waals surface area contributed by atoms with Crippen molar-refractivity contribution in [1.82, 2.24) is 0 Å². The highest BCUT2D eigenvalue weighted by molar-refractivity contribution is 6.48. The molecule has 0 radical (unpaired) electrons. The van der Waals surface area contributed by atoms with E-state index >= 15 is 0 Å². The summed E-state index contributed by atoms with van der Waals surface area (Å²) in [7, 11) is 1.78. The van der Waals surface area contributed by atoms with Gasteiger partial charge in [0.2, 0.25) is 0 Å². The molecule has 0 atom stereocenters. The molecule has 1 heterocycles. The molecule has 0 saturated carbocycles. The molecule has 5 nitrogen and oxygen atoms in total. The normalized spacial score (nSPS) is 13.8. The Morgan fingerprint density at radius 3 is 2.09 bits per heavy atom. The molecule has 4 rings (SSSR count). The topological polar surface area (TPSA) is 49.9 Å². The van der Waals surface area contributed by atoms with Gasteiger partial charge in [0, 0.05) is 12.7 Å². The maximum atomic E-state index is 13.6. The van der Waals surface area contributed by atoms with Gasteiger partial charge < -0.3 is 9.64 Å². The van der Waals surface area contributed by atoms with Crippen LogP contribution in [-0.2, 0) is 9.59 Å². The van der Waals surface area contributed by atoms with Crippen molar-refractivity contribution in [2.45, 2.75) is 20.0 Å². The molecule has 0 aliphatic carbocycles. The summed E-state index contributed by atoms with van der Waals surface area (Å²) in [5, 5.41) is 0.331. The van der Waals surface area contributed by atoms with Crippen molar-refractivity contribution in [1.29, 1.82) is 0 Å². The fourth-order valence-electron chi connectivity index (χ4n) is 3.69. The van der Waals surface area contributed by atoms with E-state index in [1.807, 2.05) is 44.2 Å². The molecule has 0 unspecified atom stereocenters. The number of nitrogens with zero attached hydrogens (tertiary/aromatic N) is 2. The predicted octanol–water partition coefficient (Wildman–Crippen LogP) is 5.55. The molecule has 0 aromatic heterocycles. The Morgan fingerprint density at radius 1 is 0.844 bits per heavy atom. The maximum absolute atomic E-state index is 13.6. The number of carbonyl (C=O) groups excluding carboxylic acids is 2. The number of hydrogen-bond donors (Lipinski definition) is 0. The number of para-hydroxylation sites is 2. The molecule has 0 N–H and O–H groups in total. The number of ether oxygens (including phenoxy) is 1. The summed E-state index contributed by atoms with van der Waals surface area (Å²) in [6.07, 6.45) is 0.0326. The molecule has 32 heavy (non-hydrogen) atoms. The van der Waals surface area contributed by atoms with Crippen molar-refractivity contribution in [3.05, 3.63) is 95.1 Å². The molecule has 0 bridgehead atoms. The fourth-order valence-corrected chi connectivity index (χ4v) is 3.91. The van der Waals surface area contributed by atoms with Crippen LogP contribution in [0.2, 0.25) is 5.02 Å². The van der Waals surface area contributed by atoms with Gasteiger partial charge in [0.05, 0.1) is 22.4 Å². The summed E-state index contributed by atoms with van der Waals surface area (Å²) in [6, 6.07) is 23.5. The SMILES string of the molecule is CC(C)Oc1ccc(C2=C(N(C)c3ccccc3)C(=O)N(c3ccccc3Cl)C2=O)cc1. The van der Waals surface area contributed by atoms with Crippen molar-refractivity contribution < 1.29 is 14.3 Å². The summed E-state index contributed by atoms with van der Waals surface area (Å²) in [5.41, 5.74) is 2.39. The Bertz CT molecular complexity index is 1190. The van der Waals surface area contributed by atoms with Crippen LogP contribution in [0.3, 0.4) is 0 Å². The number of rotatable bonds is 6. The molecule has 2 amide bonds. The van der Waals surface area contributed by atoms with Gasteiger partial charge >= 0.3 is 0 Å². The van der Waals surface area contributed by atoms with Gasteiger partial charge in [0.1, 0.15) is 11.4 Å². The second-order valence-corrected chi connectivity index (χ2v) is 8.11. The Morgan fingerprint density at radius 2 is 1.47 bits per heavy atom. The molecule has 6 heteroatoms. The summed E-state index contributed by atoms with van der Waals surface area (Å²) in [5.74, 6) is -0.146. The molecule has 0 spiro atoms. The van der Waals surface area contributed by atoms with E-state index < -0.39 is 11.8 Å². The quantitative estimate of drug-likeness (QED) is 0.466. The summed E-state index contributed by atoms with van der Waals surface area (Å²) in [6.45, 7) is 3.90. The number of halogens is 1. The Hall–Kier alpha value is -3.57. The van der Waals surface area contributed by atoms with Crippen LogP contribution in [0.5, 0.6) is 5.75 Å². The third-order valence-corrected chi connectivity index (χ3v) is 5.47. The number of likely N-dealkylation sites (N-methyl/N-ethyl adjacent to an activating group) is 1. The highest BCUT2D eigenvalue weighted by atomic mass is 35.5. The fraction of sp³-hybridized carbons (Fsp3) is 0.154. The van der Waals surface area contributed by atoms with Gasteiger partial charge in [0.15, 0.2) is 0 Å². The average Bonchev–Trinajstić information content (AvgIpc) is 3.04. The van der Waals surface area contributed by atoms with Crippen LogP contribution in [0, 0.1) is 0 Å². The van der Waals surface area contributed by atoms with Crippen molar-refractivity contribution in [3.63, 3.8) is 0 Å². The minimum absolute atomic E-state index is 0.0326. The van der Waals surface area contributed by atoms with Crippen molar-refractivity contribution in [3.8, 4) is 5.75 Å². The van der Waals surface area contributed by atoms with Crippen LogP contribution in [-0.4, -0.2) is 25.0 Å². The largest absolute Gasteiger partial charge is 0.491 e. The van der Waals surface area contributed by atoms with Gasteiger partial charge in [-0.15, -0.1) is 0 Å². The zero-order valence-electron chi connectivity index (χ0n) is 18.1. The lowest BCUT2D eigenvalue weighted by atomic mass is 10.0. The van der Waals surface area contributed by atoms with Gasteiger partial charge in [-0.25, -0.2) is 4.90 Å². The van der Waals surface area contributed by atoms with Gasteiger partial charge in [-0.2, -0.15) is 0 Å². The standard InChI is InChI=1S/C26H23ClN2O3/c1-17(2)32-20-15-13-18(14-16-20)23-24(28(3)19-9-5-4-6-10-19)26(31)29(25(23)30)22-12-8-7-11-21(22)27/h4-17H,1-3H3. The molecular weight excluding hydrogens is 424 g/mol. The summed E-state index contributed by atoms with van der Waals surface area (Å²) in [4.78, 5) is 30.1. The van der Waals surface area contributed by atoms with Crippen molar-refractivity contribution in [2.24, 2.45) is 0 Å². The molecule has 1 aliphatic rings. The van der Waals surface area contributed by atoms with E-state index in [1.54, 1.807) is 60.5 Å². The molecule has 162 valence electrons. The van der Waals surface area contributed by atoms with Crippen LogP contribution in [0.4, 0.5) is 11.4 Å². The van der Waals surface area contributed by atoms with Gasteiger partial charge in [0.25, 0.3) is 11.8 Å². The highest BCUT2D eigenvalue weighted by Gasteiger charge is 2.42. The zero-order chi connectivity index (χ0) is 22.8. The second-order valence-electron chi connectivity index (χ2n) is 7.71. The van der Waals surface area contributed by atoms with Crippen molar-refractivity contribution >= 4 is 40.4 Å². The van der Waals surface area contributed by atoms with E-state index in [-0.39, 0.29) is 6.10 Å². The zero-order valence-corrected chi connectivity index (χ0v) is 18.8. The van der Waals surface area contributed by atoms with E-state index in [0.29, 0.717) is 33.3 Å². The first kappa shape index (κ1) is 21.7. The van der Waals surface area contributed by atoms with Crippen LogP contribution in [0.15, 0.2) is 84.6 Å². The minimum Gasteiger partial charge on any atom is -0.491 e. The van der Waals surface area contributed by atoms with Gasteiger partial charge in [-0.05, 0) is 55.8 Å². The molecule has 3 aromatic carbocycles. The first-order valence-corrected chi connectivity index (χ1v) is 10.7. The lowest BCUT2D eigenvalue weighted by Crippen LogP contribution is -2.34. The van der Waals surface area contributed by atoms with E-state index in [9.17, 15) is 9.59 Å². The number of anilines is 2. The second kappa shape index (κ2) is 8.89. The van der Waals surface area contributed by atoms with Gasteiger partial charge in [-0.3, -0.25) is 9.59 Å². The lowest BCUT2D eigenvalue weighted by molar-refractivity contribution is -0.120. The molecule has 3 aromatic rings. The monoisotopic (exact) mass is 446 g/mol. The van der Waals surface area contributed by atoms with E-state index in [1.165, 1.54) is 0 Å². The molecule has 1 aliphatic heterocycles. The van der Waals surface area contributed by atoms with E-state index in [4.69, 9.17) is 16.3 Å². The number of hydrogen-bond acceptors (Lipinski definition) is 4. The minimum atomic E-state index is -0.424. The number of carbonyl (C=O) groups is 2. The van der Waals surface area contributed by atoms with Crippen LogP contribution in [0.25, 0.3) is 5.57 Å².